The number of unbranched alkanes of at least 4 members (excludes halogenated alkanes) is 2. The number of aromatic nitrogens is 3. The molecule has 2 aromatic heterocycles. The van der Waals surface area contributed by atoms with Gasteiger partial charge in [-0.3, -0.25) is 14.3 Å². The normalized spacial score (nSPS) is 12.4. The first kappa shape index (κ1) is 27.2. The molecule has 4 aromatic rings. The Morgan fingerprint density at radius 2 is 1.71 bits per heavy atom. The van der Waals surface area contributed by atoms with Crippen LogP contribution < -0.4 is 5.56 Å². The van der Waals surface area contributed by atoms with Gasteiger partial charge in [0.1, 0.15) is 11.6 Å². The number of halogens is 1. The highest BCUT2D eigenvalue weighted by molar-refractivity contribution is 7.91. The maximum Gasteiger partial charge on any atom is 0.277 e. The smallest absolute Gasteiger partial charge is 0.277 e. The lowest BCUT2D eigenvalue weighted by Gasteiger charge is -2.23. The molecule has 1 atom stereocenters. The lowest BCUT2D eigenvalue weighted by atomic mass is 10.1. The minimum Gasteiger partial charge on any atom is -0.492 e. The van der Waals surface area contributed by atoms with Crippen molar-refractivity contribution in [2.24, 2.45) is 0 Å². The average molecular weight is 538 g/mol. The van der Waals surface area contributed by atoms with E-state index in [2.05, 4.69) is 9.97 Å². The fraction of sp³-hybridized carbons (Fsp3) is 0.250. The van der Waals surface area contributed by atoms with Crippen LogP contribution in [0.4, 0.5) is 4.39 Å². The second kappa shape index (κ2) is 11.7. The van der Waals surface area contributed by atoms with Gasteiger partial charge in [-0.25, -0.2) is 12.8 Å². The number of aromatic hydroxyl groups is 1. The van der Waals surface area contributed by atoms with E-state index in [1.54, 1.807) is 30.3 Å². The number of aryl methyl sites for hydroxylation is 1. The van der Waals surface area contributed by atoms with Crippen LogP contribution in [0.15, 0.2) is 87.6 Å². The first-order chi connectivity index (χ1) is 18.3. The van der Waals surface area contributed by atoms with Gasteiger partial charge in [0.15, 0.2) is 4.90 Å². The number of nitrogens with zero attached hydrogens (tertiary/aromatic N) is 3. The lowest BCUT2D eigenvalue weighted by Crippen LogP contribution is -2.35. The molecule has 0 radical (unpaired) electrons. The van der Waals surface area contributed by atoms with Crippen molar-refractivity contribution in [1.29, 1.82) is 0 Å². The third kappa shape index (κ3) is 5.51. The van der Waals surface area contributed by atoms with E-state index in [1.807, 2.05) is 6.92 Å². The fourth-order valence-corrected chi connectivity index (χ4v) is 5.68. The number of aliphatic hydroxyl groups excluding tert-OH is 1. The van der Waals surface area contributed by atoms with Crippen molar-refractivity contribution >= 4 is 9.84 Å². The Balaban J connectivity index is 1.84. The number of hydrogen-bond donors (Lipinski definition) is 2. The van der Waals surface area contributed by atoms with Crippen LogP contribution in [-0.4, -0.2) is 39.8 Å². The third-order valence-corrected chi connectivity index (χ3v) is 8.06. The van der Waals surface area contributed by atoms with Gasteiger partial charge in [0.2, 0.25) is 15.7 Å². The average Bonchev–Trinajstić information content (AvgIpc) is 2.91. The Morgan fingerprint density at radius 3 is 2.34 bits per heavy atom. The zero-order chi connectivity index (χ0) is 27.3. The number of hydrogen-bond acceptors (Lipinski definition) is 7. The van der Waals surface area contributed by atoms with E-state index in [0.29, 0.717) is 29.5 Å². The predicted octanol–water partition coefficient (Wildman–Crippen LogP) is 4.30. The summed E-state index contributed by atoms with van der Waals surface area (Å²) in [6.07, 6.45) is 5.24. The van der Waals surface area contributed by atoms with Crippen LogP contribution in [0.25, 0.3) is 11.1 Å². The van der Waals surface area contributed by atoms with Crippen LogP contribution in [-0.2, 0) is 16.3 Å². The number of pyridine rings is 1. The quantitative estimate of drug-likeness (QED) is 0.289. The standard InChI is InChI=1S/C28H28FN3O5S/c1-2-3-5-10-25-31-27(34)26(28(35)32(25)24(18-33)20-8-6-4-7-9-20)38(36,37)23-13-11-19(12-14-23)21-15-22(29)17-30-16-21/h4,6-9,11-17,24,33-34H,2-3,5,10,18H2,1H3/t24-/m0/s1. The van der Waals surface area contributed by atoms with Crippen molar-refractivity contribution in [3.63, 3.8) is 0 Å². The number of rotatable bonds is 10. The Labute approximate surface area is 220 Å². The largest absolute Gasteiger partial charge is 0.492 e. The van der Waals surface area contributed by atoms with Gasteiger partial charge in [-0.15, -0.1) is 0 Å². The molecule has 0 fully saturated rings. The summed E-state index contributed by atoms with van der Waals surface area (Å²) < 4.78 is 41.9. The van der Waals surface area contributed by atoms with E-state index in [0.717, 1.165) is 19.0 Å². The van der Waals surface area contributed by atoms with E-state index >= 15 is 0 Å². The SMILES string of the molecule is CCCCCc1nc(O)c(S(=O)(=O)c2ccc(-c3cncc(F)c3)cc2)c(=O)n1[C@@H](CO)c1ccccc1. The molecule has 0 aliphatic rings. The Kier molecular flexibility index (Phi) is 8.33. The molecule has 4 rings (SSSR count). The summed E-state index contributed by atoms with van der Waals surface area (Å²) in [5.74, 6) is -1.23. The van der Waals surface area contributed by atoms with E-state index < -0.39 is 44.6 Å². The highest BCUT2D eigenvalue weighted by atomic mass is 32.2. The van der Waals surface area contributed by atoms with Crippen molar-refractivity contribution in [2.45, 2.75) is 48.4 Å². The molecule has 10 heteroatoms. The van der Waals surface area contributed by atoms with Crippen molar-refractivity contribution in [3.05, 3.63) is 101 Å². The fourth-order valence-electron chi connectivity index (χ4n) is 4.34. The van der Waals surface area contributed by atoms with Crippen LogP contribution in [0, 0.1) is 5.82 Å². The topological polar surface area (TPSA) is 122 Å². The molecular formula is C28H28FN3O5S. The molecule has 198 valence electrons. The molecule has 38 heavy (non-hydrogen) atoms. The maximum atomic E-state index is 13.8. The van der Waals surface area contributed by atoms with Crippen LogP contribution in [0.1, 0.15) is 43.6 Å². The first-order valence-electron chi connectivity index (χ1n) is 12.2. The summed E-state index contributed by atoms with van der Waals surface area (Å²) >= 11 is 0. The third-order valence-electron chi connectivity index (χ3n) is 6.27. The van der Waals surface area contributed by atoms with Crippen LogP contribution in [0.5, 0.6) is 5.88 Å². The second-order valence-electron chi connectivity index (χ2n) is 8.84. The van der Waals surface area contributed by atoms with Crippen molar-refractivity contribution in [1.82, 2.24) is 14.5 Å². The van der Waals surface area contributed by atoms with Gasteiger partial charge in [-0.1, -0.05) is 62.2 Å². The molecule has 0 aliphatic carbocycles. The zero-order valence-electron chi connectivity index (χ0n) is 20.8. The van der Waals surface area contributed by atoms with Crippen molar-refractivity contribution in [2.75, 3.05) is 6.61 Å². The Hall–Kier alpha value is -3.89. The molecule has 8 nitrogen and oxygen atoms in total. The minimum atomic E-state index is -4.51. The Morgan fingerprint density at radius 1 is 1.00 bits per heavy atom. The lowest BCUT2D eigenvalue weighted by molar-refractivity contribution is 0.240. The molecule has 0 amide bonds. The van der Waals surface area contributed by atoms with Gasteiger partial charge in [-0.2, -0.15) is 4.98 Å². The molecular weight excluding hydrogens is 509 g/mol. The number of aliphatic hydroxyl groups is 1. The van der Waals surface area contributed by atoms with Crippen LogP contribution in [0.2, 0.25) is 0 Å². The van der Waals surface area contributed by atoms with E-state index in [1.165, 1.54) is 41.1 Å². The van der Waals surface area contributed by atoms with Crippen LogP contribution >= 0.6 is 0 Å². The molecule has 0 saturated heterocycles. The van der Waals surface area contributed by atoms with Crippen molar-refractivity contribution in [3.8, 4) is 17.0 Å². The van der Waals surface area contributed by atoms with E-state index in [-0.39, 0.29) is 10.7 Å². The number of sulfone groups is 1. The summed E-state index contributed by atoms with van der Waals surface area (Å²) in [7, 11) is -4.51. The van der Waals surface area contributed by atoms with Gasteiger partial charge >= 0.3 is 0 Å². The van der Waals surface area contributed by atoms with Gasteiger partial charge < -0.3 is 10.2 Å². The van der Waals surface area contributed by atoms with Gasteiger partial charge in [0.05, 0.1) is 23.7 Å². The summed E-state index contributed by atoms with van der Waals surface area (Å²) in [5.41, 5.74) is 0.598. The summed E-state index contributed by atoms with van der Waals surface area (Å²) in [4.78, 5) is 20.6. The molecule has 2 heterocycles. The number of benzene rings is 2. The monoisotopic (exact) mass is 537 g/mol. The van der Waals surface area contributed by atoms with Gasteiger partial charge in [-0.05, 0) is 35.7 Å². The zero-order valence-corrected chi connectivity index (χ0v) is 21.6. The van der Waals surface area contributed by atoms with E-state index in [4.69, 9.17) is 0 Å². The highest BCUT2D eigenvalue weighted by Gasteiger charge is 2.31. The molecule has 0 aliphatic heterocycles. The first-order valence-corrected chi connectivity index (χ1v) is 13.7. The highest BCUT2D eigenvalue weighted by Crippen LogP contribution is 2.29. The van der Waals surface area contributed by atoms with Gasteiger partial charge in [0.25, 0.3) is 5.56 Å². The van der Waals surface area contributed by atoms with E-state index in [9.17, 15) is 27.8 Å². The Bertz CT molecular complexity index is 1570. The van der Waals surface area contributed by atoms with Crippen molar-refractivity contribution < 1.29 is 23.0 Å². The molecule has 0 spiro atoms. The summed E-state index contributed by atoms with van der Waals surface area (Å²) in [6, 6.07) is 14.6. The predicted molar refractivity (Wildman–Crippen MR) is 140 cm³/mol. The van der Waals surface area contributed by atoms with Gasteiger partial charge in [0, 0.05) is 18.2 Å². The minimum absolute atomic E-state index is 0.191. The molecule has 0 bridgehead atoms. The van der Waals surface area contributed by atoms with Crippen LogP contribution in [0.3, 0.4) is 0 Å². The summed E-state index contributed by atoms with van der Waals surface area (Å²) in [5, 5.41) is 21.0. The maximum absolute atomic E-state index is 13.8. The molecule has 2 aromatic carbocycles. The summed E-state index contributed by atoms with van der Waals surface area (Å²) in [6.45, 7) is 1.54. The molecule has 0 unspecified atom stereocenters. The second-order valence-corrected chi connectivity index (χ2v) is 10.7. The molecule has 2 N–H and O–H groups in total. The molecule has 0 saturated carbocycles.